The maximum absolute atomic E-state index is 13.2. The highest BCUT2D eigenvalue weighted by Crippen LogP contribution is 2.26. The molecule has 1 aromatic carbocycles. The molecule has 0 aliphatic heterocycles. The summed E-state index contributed by atoms with van der Waals surface area (Å²) in [5, 5.41) is 0.763. The first kappa shape index (κ1) is 10.2. The van der Waals surface area contributed by atoms with Gasteiger partial charge in [0.25, 0.3) is 0 Å². The molecule has 2 N–H and O–H groups in total. The Hall–Kier alpha value is -1.35. The first-order chi connectivity index (χ1) is 7.11. The SMILES string of the molecule is CCc1cc(N)c2cc(Cl)c(F)cc2n1. The Morgan fingerprint density at radius 3 is 2.80 bits per heavy atom. The number of halogens is 2. The first-order valence-corrected chi connectivity index (χ1v) is 5.03. The number of nitrogens with two attached hydrogens (primary N) is 1. The first-order valence-electron chi connectivity index (χ1n) is 4.66. The molecular formula is C11H10ClFN2. The molecule has 0 bridgehead atoms. The third-order valence-corrected chi connectivity index (χ3v) is 2.59. The summed E-state index contributed by atoms with van der Waals surface area (Å²) < 4.78 is 13.2. The van der Waals surface area contributed by atoms with Crippen molar-refractivity contribution in [1.29, 1.82) is 0 Å². The van der Waals surface area contributed by atoms with Crippen LogP contribution in [-0.4, -0.2) is 4.98 Å². The third-order valence-electron chi connectivity index (χ3n) is 2.30. The largest absolute Gasteiger partial charge is 0.398 e. The van der Waals surface area contributed by atoms with Crippen molar-refractivity contribution in [2.45, 2.75) is 13.3 Å². The van der Waals surface area contributed by atoms with E-state index in [1.165, 1.54) is 12.1 Å². The lowest BCUT2D eigenvalue weighted by Crippen LogP contribution is -1.95. The van der Waals surface area contributed by atoms with Gasteiger partial charge in [0.05, 0.1) is 10.5 Å². The van der Waals surface area contributed by atoms with Crippen LogP contribution < -0.4 is 5.73 Å². The minimum atomic E-state index is -0.468. The number of rotatable bonds is 1. The van der Waals surface area contributed by atoms with Crippen molar-refractivity contribution in [2.75, 3.05) is 5.73 Å². The summed E-state index contributed by atoms with van der Waals surface area (Å²) in [6.07, 6.45) is 0.768. The fourth-order valence-electron chi connectivity index (χ4n) is 1.49. The molecule has 78 valence electrons. The van der Waals surface area contributed by atoms with Gasteiger partial charge in [0, 0.05) is 22.8 Å². The lowest BCUT2D eigenvalue weighted by molar-refractivity contribution is 0.630. The number of anilines is 1. The average Bonchev–Trinajstić information content (AvgIpc) is 2.21. The van der Waals surface area contributed by atoms with Gasteiger partial charge in [0.1, 0.15) is 5.82 Å². The molecular weight excluding hydrogens is 215 g/mol. The Kier molecular flexibility index (Phi) is 2.49. The van der Waals surface area contributed by atoms with Crippen molar-refractivity contribution < 1.29 is 4.39 Å². The molecule has 0 atom stereocenters. The number of nitrogen functional groups attached to an aromatic ring is 1. The minimum absolute atomic E-state index is 0.0697. The van der Waals surface area contributed by atoms with Gasteiger partial charge in [-0.15, -0.1) is 0 Å². The van der Waals surface area contributed by atoms with Gasteiger partial charge in [-0.3, -0.25) is 4.98 Å². The number of aromatic nitrogens is 1. The van der Waals surface area contributed by atoms with E-state index < -0.39 is 5.82 Å². The van der Waals surface area contributed by atoms with Crippen molar-refractivity contribution in [1.82, 2.24) is 4.98 Å². The maximum atomic E-state index is 13.2. The van der Waals surface area contributed by atoms with Gasteiger partial charge in [-0.25, -0.2) is 4.39 Å². The van der Waals surface area contributed by atoms with Gasteiger partial charge in [0.2, 0.25) is 0 Å². The van der Waals surface area contributed by atoms with E-state index in [4.69, 9.17) is 17.3 Å². The third kappa shape index (κ3) is 1.75. The van der Waals surface area contributed by atoms with Gasteiger partial charge in [-0.2, -0.15) is 0 Å². The zero-order valence-corrected chi connectivity index (χ0v) is 8.98. The van der Waals surface area contributed by atoms with Crippen LogP contribution in [0.3, 0.4) is 0 Å². The van der Waals surface area contributed by atoms with Crippen LogP contribution in [0.15, 0.2) is 18.2 Å². The molecule has 1 heterocycles. The molecule has 0 unspecified atom stereocenters. The van der Waals surface area contributed by atoms with Crippen LogP contribution in [0, 0.1) is 5.82 Å². The number of fused-ring (bicyclic) bond motifs is 1. The zero-order valence-electron chi connectivity index (χ0n) is 8.22. The Morgan fingerprint density at radius 1 is 1.40 bits per heavy atom. The maximum Gasteiger partial charge on any atom is 0.143 e. The van der Waals surface area contributed by atoms with Crippen molar-refractivity contribution in [2.24, 2.45) is 0 Å². The highest BCUT2D eigenvalue weighted by molar-refractivity contribution is 6.31. The van der Waals surface area contributed by atoms with E-state index >= 15 is 0 Å². The lowest BCUT2D eigenvalue weighted by Gasteiger charge is -2.05. The Balaban J connectivity index is 2.80. The fourth-order valence-corrected chi connectivity index (χ4v) is 1.65. The van der Waals surface area contributed by atoms with E-state index in [-0.39, 0.29) is 5.02 Å². The van der Waals surface area contributed by atoms with Crippen molar-refractivity contribution in [3.05, 3.63) is 34.7 Å². The number of hydrogen-bond acceptors (Lipinski definition) is 2. The molecule has 0 aliphatic rings. The molecule has 2 nitrogen and oxygen atoms in total. The topological polar surface area (TPSA) is 38.9 Å². The Morgan fingerprint density at radius 2 is 2.13 bits per heavy atom. The Labute approximate surface area is 91.9 Å². The molecule has 0 radical (unpaired) electrons. The summed E-state index contributed by atoms with van der Waals surface area (Å²) in [6.45, 7) is 1.97. The summed E-state index contributed by atoms with van der Waals surface area (Å²) in [5.41, 5.74) is 7.81. The van der Waals surface area contributed by atoms with Crippen LogP contribution in [-0.2, 0) is 6.42 Å². The molecule has 0 aliphatic carbocycles. The molecule has 0 spiro atoms. The second-order valence-corrected chi connectivity index (χ2v) is 3.75. The number of nitrogens with zero attached hydrogens (tertiary/aromatic N) is 1. The summed E-state index contributed by atoms with van der Waals surface area (Å²) in [7, 11) is 0. The smallest absolute Gasteiger partial charge is 0.143 e. The second-order valence-electron chi connectivity index (χ2n) is 3.34. The highest BCUT2D eigenvalue weighted by atomic mass is 35.5. The van der Waals surface area contributed by atoms with Crippen LogP contribution in [0.4, 0.5) is 10.1 Å². The van der Waals surface area contributed by atoms with E-state index in [0.29, 0.717) is 16.6 Å². The predicted octanol–water partition coefficient (Wildman–Crippen LogP) is 3.17. The van der Waals surface area contributed by atoms with Crippen molar-refractivity contribution in [3.8, 4) is 0 Å². The van der Waals surface area contributed by atoms with Gasteiger partial charge < -0.3 is 5.73 Å². The standard InChI is InChI=1S/C11H10ClFN2/c1-2-6-3-10(14)7-4-8(12)9(13)5-11(7)15-6/h3-5H,2H2,1H3,(H2,14,15). The molecule has 2 aromatic rings. The second kappa shape index (κ2) is 3.66. The van der Waals surface area contributed by atoms with Crippen molar-refractivity contribution in [3.63, 3.8) is 0 Å². The van der Waals surface area contributed by atoms with E-state index in [1.54, 1.807) is 6.07 Å². The van der Waals surface area contributed by atoms with Gasteiger partial charge in [-0.1, -0.05) is 18.5 Å². The summed E-state index contributed by atoms with van der Waals surface area (Å²) >= 11 is 5.67. The number of hydrogen-bond donors (Lipinski definition) is 1. The molecule has 0 amide bonds. The predicted molar refractivity (Wildman–Crippen MR) is 60.5 cm³/mol. The highest BCUT2D eigenvalue weighted by Gasteiger charge is 2.07. The van der Waals surface area contributed by atoms with E-state index in [0.717, 1.165) is 12.1 Å². The van der Waals surface area contributed by atoms with Crippen LogP contribution in [0.1, 0.15) is 12.6 Å². The van der Waals surface area contributed by atoms with Crippen LogP contribution >= 0.6 is 11.6 Å². The monoisotopic (exact) mass is 224 g/mol. The molecule has 4 heteroatoms. The number of aryl methyl sites for hydroxylation is 1. The van der Waals surface area contributed by atoms with Crippen LogP contribution in [0.5, 0.6) is 0 Å². The molecule has 0 saturated heterocycles. The summed E-state index contributed by atoms with van der Waals surface area (Å²) in [4.78, 5) is 4.28. The molecule has 2 rings (SSSR count). The number of benzene rings is 1. The molecule has 0 saturated carbocycles. The molecule has 1 aromatic heterocycles. The Bertz CT molecular complexity index is 525. The summed E-state index contributed by atoms with van der Waals surface area (Å²) in [5.74, 6) is -0.468. The van der Waals surface area contributed by atoms with Gasteiger partial charge >= 0.3 is 0 Å². The fraction of sp³-hybridized carbons (Fsp3) is 0.182. The quantitative estimate of drug-likeness (QED) is 0.808. The molecule has 0 fully saturated rings. The normalized spacial score (nSPS) is 10.9. The average molecular weight is 225 g/mol. The minimum Gasteiger partial charge on any atom is -0.398 e. The van der Waals surface area contributed by atoms with Crippen LogP contribution in [0.2, 0.25) is 5.02 Å². The van der Waals surface area contributed by atoms with E-state index in [1.807, 2.05) is 6.92 Å². The van der Waals surface area contributed by atoms with Crippen molar-refractivity contribution >= 4 is 28.2 Å². The number of pyridine rings is 1. The molecule has 15 heavy (non-hydrogen) atoms. The van der Waals surface area contributed by atoms with E-state index in [9.17, 15) is 4.39 Å². The lowest BCUT2D eigenvalue weighted by atomic mass is 10.1. The zero-order chi connectivity index (χ0) is 11.0. The van der Waals surface area contributed by atoms with Crippen LogP contribution in [0.25, 0.3) is 10.9 Å². The summed E-state index contributed by atoms with van der Waals surface area (Å²) in [6, 6.07) is 4.61. The van der Waals surface area contributed by atoms with Gasteiger partial charge in [-0.05, 0) is 18.6 Å². The van der Waals surface area contributed by atoms with E-state index in [2.05, 4.69) is 4.98 Å². The van der Waals surface area contributed by atoms with Gasteiger partial charge in [0.15, 0.2) is 0 Å².